The SMILES string of the molecule is NC(=O)[C@@H]1CCCN(CCNC(=O)c2cc(=O)c3cccc(F)c3[nH]2)C1. The van der Waals surface area contributed by atoms with E-state index in [9.17, 15) is 18.8 Å². The number of nitrogens with zero attached hydrogens (tertiary/aromatic N) is 1. The summed E-state index contributed by atoms with van der Waals surface area (Å²) in [5.74, 6) is -1.51. The van der Waals surface area contributed by atoms with Crippen molar-refractivity contribution in [3.8, 4) is 0 Å². The van der Waals surface area contributed by atoms with E-state index in [0.717, 1.165) is 19.4 Å². The van der Waals surface area contributed by atoms with Crippen molar-refractivity contribution in [3.63, 3.8) is 0 Å². The lowest BCUT2D eigenvalue weighted by molar-refractivity contribution is -0.123. The standard InChI is InChI=1S/C18H21FN4O3/c19-13-5-1-4-12-15(24)9-14(22-16(12)13)18(26)21-6-8-23-7-2-3-11(10-23)17(20)25/h1,4-5,9,11H,2-3,6-8,10H2,(H2,20,25)(H,21,26)(H,22,24)/t11-/m1/s1. The highest BCUT2D eigenvalue weighted by Gasteiger charge is 2.23. The number of nitrogens with two attached hydrogens (primary N) is 1. The fraction of sp³-hybridized carbons (Fsp3) is 0.389. The fourth-order valence-electron chi connectivity index (χ4n) is 3.27. The molecule has 4 N–H and O–H groups in total. The highest BCUT2D eigenvalue weighted by molar-refractivity contribution is 5.94. The van der Waals surface area contributed by atoms with Crippen LogP contribution in [0.3, 0.4) is 0 Å². The zero-order chi connectivity index (χ0) is 18.7. The number of piperidine rings is 1. The number of pyridine rings is 1. The second-order valence-corrected chi connectivity index (χ2v) is 6.51. The van der Waals surface area contributed by atoms with Gasteiger partial charge >= 0.3 is 0 Å². The number of hydrogen-bond acceptors (Lipinski definition) is 4. The molecule has 0 bridgehead atoms. The smallest absolute Gasteiger partial charge is 0.267 e. The molecular weight excluding hydrogens is 339 g/mol. The molecule has 2 aromatic rings. The lowest BCUT2D eigenvalue weighted by Gasteiger charge is -2.31. The average Bonchev–Trinajstić information content (AvgIpc) is 2.62. The van der Waals surface area contributed by atoms with E-state index in [1.54, 1.807) is 0 Å². The zero-order valence-corrected chi connectivity index (χ0v) is 14.3. The molecule has 1 atom stereocenters. The van der Waals surface area contributed by atoms with Crippen molar-refractivity contribution in [3.05, 3.63) is 46.0 Å². The summed E-state index contributed by atoms with van der Waals surface area (Å²) in [5, 5.41) is 2.91. The summed E-state index contributed by atoms with van der Waals surface area (Å²) in [5.41, 5.74) is 4.98. The Morgan fingerprint density at radius 3 is 2.96 bits per heavy atom. The number of aromatic nitrogens is 1. The van der Waals surface area contributed by atoms with Gasteiger partial charge < -0.3 is 20.9 Å². The molecule has 138 valence electrons. The number of halogens is 1. The second kappa shape index (κ2) is 7.65. The highest BCUT2D eigenvalue weighted by Crippen LogP contribution is 2.15. The van der Waals surface area contributed by atoms with Crippen LogP contribution < -0.4 is 16.5 Å². The maximum absolute atomic E-state index is 13.9. The van der Waals surface area contributed by atoms with Gasteiger partial charge in [-0.25, -0.2) is 4.39 Å². The van der Waals surface area contributed by atoms with Gasteiger partial charge in [-0.15, -0.1) is 0 Å². The van der Waals surface area contributed by atoms with Gasteiger partial charge in [0.1, 0.15) is 11.5 Å². The summed E-state index contributed by atoms with van der Waals surface area (Å²) in [7, 11) is 0. The van der Waals surface area contributed by atoms with Crippen molar-refractivity contribution in [1.29, 1.82) is 0 Å². The topological polar surface area (TPSA) is 108 Å². The number of rotatable bonds is 5. The van der Waals surface area contributed by atoms with E-state index in [0.29, 0.717) is 19.6 Å². The largest absolute Gasteiger partial charge is 0.369 e. The molecule has 0 spiro atoms. The first-order valence-corrected chi connectivity index (χ1v) is 8.57. The quantitative estimate of drug-likeness (QED) is 0.725. The van der Waals surface area contributed by atoms with Gasteiger partial charge in [-0.1, -0.05) is 6.07 Å². The minimum atomic E-state index is -0.583. The molecule has 1 aromatic heterocycles. The van der Waals surface area contributed by atoms with Gasteiger partial charge in [0.25, 0.3) is 5.91 Å². The molecule has 0 saturated carbocycles. The normalized spacial score (nSPS) is 18.0. The fourth-order valence-corrected chi connectivity index (χ4v) is 3.27. The molecule has 0 unspecified atom stereocenters. The Balaban J connectivity index is 1.62. The third kappa shape index (κ3) is 3.91. The Bertz CT molecular complexity index is 896. The van der Waals surface area contributed by atoms with Gasteiger partial charge in [-0.3, -0.25) is 14.4 Å². The highest BCUT2D eigenvalue weighted by atomic mass is 19.1. The Morgan fingerprint density at radius 2 is 2.19 bits per heavy atom. The first kappa shape index (κ1) is 18.1. The van der Waals surface area contributed by atoms with Crippen LogP contribution in [0.25, 0.3) is 10.9 Å². The summed E-state index contributed by atoms with van der Waals surface area (Å²) in [6.07, 6.45) is 1.68. The molecule has 26 heavy (non-hydrogen) atoms. The predicted molar refractivity (Wildman–Crippen MR) is 95.2 cm³/mol. The Hall–Kier alpha value is -2.74. The Morgan fingerprint density at radius 1 is 1.38 bits per heavy atom. The van der Waals surface area contributed by atoms with Crippen LogP contribution in [0, 0.1) is 11.7 Å². The molecule has 0 aliphatic carbocycles. The number of fused-ring (bicyclic) bond motifs is 1. The summed E-state index contributed by atoms with van der Waals surface area (Å²) < 4.78 is 13.9. The summed E-state index contributed by atoms with van der Waals surface area (Å²) in [4.78, 5) is 40.4. The number of carbonyl (C=O) groups is 2. The van der Waals surface area contributed by atoms with Crippen molar-refractivity contribution in [2.24, 2.45) is 11.7 Å². The van der Waals surface area contributed by atoms with Crippen molar-refractivity contribution < 1.29 is 14.0 Å². The average molecular weight is 360 g/mol. The molecule has 1 saturated heterocycles. The molecule has 8 heteroatoms. The third-order valence-corrected chi connectivity index (χ3v) is 4.68. The maximum Gasteiger partial charge on any atom is 0.267 e. The van der Waals surface area contributed by atoms with Crippen LogP contribution in [-0.4, -0.2) is 47.9 Å². The van der Waals surface area contributed by atoms with E-state index in [1.165, 1.54) is 24.3 Å². The number of nitrogens with one attached hydrogen (secondary N) is 2. The molecule has 1 aliphatic rings. The number of benzene rings is 1. The van der Waals surface area contributed by atoms with Crippen LogP contribution >= 0.6 is 0 Å². The van der Waals surface area contributed by atoms with Crippen molar-refractivity contribution in [2.45, 2.75) is 12.8 Å². The number of H-pyrrole nitrogens is 1. The van der Waals surface area contributed by atoms with Crippen LogP contribution in [0.5, 0.6) is 0 Å². The van der Waals surface area contributed by atoms with Gasteiger partial charge in [-0.2, -0.15) is 0 Å². The number of likely N-dealkylation sites (tertiary alicyclic amines) is 1. The molecule has 7 nitrogen and oxygen atoms in total. The molecule has 1 aliphatic heterocycles. The molecule has 3 rings (SSSR count). The van der Waals surface area contributed by atoms with Crippen LogP contribution in [-0.2, 0) is 4.79 Å². The van der Waals surface area contributed by atoms with Crippen molar-refractivity contribution in [1.82, 2.24) is 15.2 Å². The minimum Gasteiger partial charge on any atom is -0.369 e. The van der Waals surface area contributed by atoms with E-state index in [-0.39, 0.29) is 28.4 Å². The second-order valence-electron chi connectivity index (χ2n) is 6.51. The zero-order valence-electron chi connectivity index (χ0n) is 14.3. The van der Waals surface area contributed by atoms with E-state index in [2.05, 4.69) is 15.2 Å². The first-order chi connectivity index (χ1) is 12.5. The minimum absolute atomic E-state index is 0.0151. The van der Waals surface area contributed by atoms with Gasteiger partial charge in [0.2, 0.25) is 5.91 Å². The maximum atomic E-state index is 13.9. The van der Waals surface area contributed by atoms with Crippen LogP contribution in [0.4, 0.5) is 4.39 Å². The van der Waals surface area contributed by atoms with Gasteiger partial charge in [0.15, 0.2) is 5.43 Å². The lowest BCUT2D eigenvalue weighted by Crippen LogP contribution is -2.44. The van der Waals surface area contributed by atoms with Crippen LogP contribution in [0.15, 0.2) is 29.1 Å². The number of hydrogen-bond donors (Lipinski definition) is 3. The third-order valence-electron chi connectivity index (χ3n) is 4.68. The molecule has 1 aromatic carbocycles. The van der Waals surface area contributed by atoms with Crippen LogP contribution in [0.2, 0.25) is 0 Å². The Labute approximate surface area is 149 Å². The summed E-state index contributed by atoms with van der Waals surface area (Å²) in [6, 6.07) is 5.35. The molecule has 2 amide bonds. The Kier molecular flexibility index (Phi) is 5.32. The van der Waals surface area contributed by atoms with Crippen molar-refractivity contribution in [2.75, 3.05) is 26.2 Å². The first-order valence-electron chi connectivity index (χ1n) is 8.57. The predicted octanol–water partition coefficient (Wildman–Crippen LogP) is 0.594. The monoisotopic (exact) mass is 360 g/mol. The number of carbonyl (C=O) groups excluding carboxylic acids is 2. The molecule has 2 heterocycles. The lowest BCUT2D eigenvalue weighted by atomic mass is 9.97. The van der Waals surface area contributed by atoms with Gasteiger partial charge in [0, 0.05) is 31.1 Å². The van der Waals surface area contributed by atoms with E-state index in [4.69, 9.17) is 5.73 Å². The molecule has 0 radical (unpaired) electrons. The van der Waals surface area contributed by atoms with E-state index >= 15 is 0 Å². The number of para-hydroxylation sites is 1. The number of aromatic amines is 1. The number of amides is 2. The van der Waals surface area contributed by atoms with E-state index in [1.807, 2.05) is 0 Å². The molecule has 1 fully saturated rings. The number of primary amides is 1. The van der Waals surface area contributed by atoms with Gasteiger partial charge in [0.05, 0.1) is 11.4 Å². The summed E-state index contributed by atoms with van der Waals surface area (Å²) >= 11 is 0. The summed E-state index contributed by atoms with van der Waals surface area (Å²) in [6.45, 7) is 2.35. The van der Waals surface area contributed by atoms with Crippen LogP contribution in [0.1, 0.15) is 23.3 Å². The van der Waals surface area contributed by atoms with Crippen molar-refractivity contribution >= 4 is 22.7 Å². The van der Waals surface area contributed by atoms with Gasteiger partial charge in [-0.05, 0) is 31.5 Å². The van der Waals surface area contributed by atoms with E-state index < -0.39 is 17.2 Å². The molecular formula is C18H21FN4O3.